The van der Waals surface area contributed by atoms with Crippen LogP contribution >= 0.6 is 0 Å². The Labute approximate surface area is 241 Å². The molecule has 41 heavy (non-hydrogen) atoms. The van der Waals surface area contributed by atoms with Crippen molar-refractivity contribution < 1.29 is 43.7 Å². The van der Waals surface area contributed by atoms with E-state index in [4.69, 9.17) is 28.4 Å². The van der Waals surface area contributed by atoms with Crippen LogP contribution in [-0.2, 0) is 73.5 Å². The molecule has 1 aliphatic rings. The highest BCUT2D eigenvalue weighted by molar-refractivity contribution is 5.59. The van der Waals surface area contributed by atoms with E-state index in [9.17, 15) is 15.3 Å². The van der Waals surface area contributed by atoms with E-state index >= 15 is 0 Å². The first kappa shape index (κ1) is 30.9. The fraction of sp³-hybridized carbons (Fsp3) is 0.438. The summed E-state index contributed by atoms with van der Waals surface area (Å²) in [6, 6.07) is 11.8. The molecule has 0 spiro atoms. The zero-order valence-corrected chi connectivity index (χ0v) is 24.6. The molecule has 0 radical (unpaired) electrons. The minimum atomic E-state index is -1.03. The highest BCUT2D eigenvalue weighted by Crippen LogP contribution is 2.46. The average molecular weight is 569 g/mol. The van der Waals surface area contributed by atoms with Crippen molar-refractivity contribution in [3.8, 4) is 11.5 Å². The zero-order valence-electron chi connectivity index (χ0n) is 24.6. The van der Waals surface area contributed by atoms with Gasteiger partial charge in [0, 0.05) is 68.8 Å². The predicted octanol–water partition coefficient (Wildman–Crippen LogP) is 4.71. The lowest BCUT2D eigenvalue weighted by molar-refractivity contribution is -0.0926. The summed E-state index contributed by atoms with van der Waals surface area (Å²) in [6.45, 7) is 3.43. The summed E-state index contributed by atoms with van der Waals surface area (Å²) in [5.41, 5.74) is 6.70. The number of aromatic hydroxyl groups is 2. The number of aliphatic hydroxyl groups is 1. The van der Waals surface area contributed by atoms with Crippen LogP contribution < -0.4 is 0 Å². The van der Waals surface area contributed by atoms with Gasteiger partial charge in [-0.2, -0.15) is 0 Å². The maximum absolute atomic E-state index is 11.0. The number of hydrogen-bond acceptors (Lipinski definition) is 9. The van der Waals surface area contributed by atoms with Gasteiger partial charge in [-0.15, -0.1) is 0 Å². The van der Waals surface area contributed by atoms with Gasteiger partial charge in [-0.05, 0) is 59.0 Å². The predicted molar refractivity (Wildman–Crippen MR) is 152 cm³/mol. The Bertz CT molecular complexity index is 1250. The third kappa shape index (κ3) is 5.98. The number of phenolic OH excluding ortho intramolecular Hbond substituents is 2. The second-order valence-electron chi connectivity index (χ2n) is 10.4. The highest BCUT2D eigenvalue weighted by Gasteiger charge is 2.37. The molecule has 3 N–H and O–H groups in total. The van der Waals surface area contributed by atoms with Crippen molar-refractivity contribution in [2.75, 3.05) is 35.5 Å². The number of aliphatic hydroxyl groups excluding tert-OH is 1. The lowest BCUT2D eigenvalue weighted by Crippen LogP contribution is -2.27. The molecule has 0 bridgehead atoms. The summed E-state index contributed by atoms with van der Waals surface area (Å²) < 4.78 is 32.8. The Morgan fingerprint density at radius 1 is 0.634 bits per heavy atom. The molecule has 0 saturated heterocycles. The first-order valence-electron chi connectivity index (χ1n) is 13.3. The molecule has 3 aromatic carbocycles. The van der Waals surface area contributed by atoms with Crippen molar-refractivity contribution in [3.05, 3.63) is 92.0 Å². The van der Waals surface area contributed by atoms with Crippen LogP contribution in [0, 0.1) is 0 Å². The van der Waals surface area contributed by atoms with E-state index in [1.165, 1.54) is 0 Å². The lowest BCUT2D eigenvalue weighted by atomic mass is 9.68. The molecule has 0 saturated carbocycles. The number of methoxy groups -OCH3 is 5. The minimum absolute atomic E-state index is 0.121. The Balaban J connectivity index is 2.10. The van der Waals surface area contributed by atoms with E-state index in [0.29, 0.717) is 22.3 Å². The Hall–Kier alpha value is -3.02. The van der Waals surface area contributed by atoms with E-state index in [1.807, 2.05) is 36.4 Å². The summed E-state index contributed by atoms with van der Waals surface area (Å²) in [7, 11) is 7.94. The summed E-state index contributed by atoms with van der Waals surface area (Å²) in [6.07, 6.45) is -1.03. The molecule has 0 amide bonds. The average Bonchev–Trinajstić information content (AvgIpc) is 3.33. The van der Waals surface area contributed by atoms with Gasteiger partial charge in [-0.1, -0.05) is 12.1 Å². The second kappa shape index (κ2) is 13.3. The molecule has 1 atom stereocenters. The Morgan fingerprint density at radius 2 is 0.976 bits per heavy atom. The molecule has 222 valence electrons. The van der Waals surface area contributed by atoms with Crippen molar-refractivity contribution in [1.82, 2.24) is 0 Å². The lowest BCUT2D eigenvalue weighted by Gasteiger charge is -2.35. The normalized spacial score (nSPS) is 15.0. The van der Waals surface area contributed by atoms with Crippen LogP contribution in [0.4, 0.5) is 0 Å². The number of ether oxygens (including phenoxy) is 6. The number of rotatable bonds is 13. The van der Waals surface area contributed by atoms with Crippen LogP contribution in [0.25, 0.3) is 0 Å². The van der Waals surface area contributed by atoms with E-state index in [1.54, 1.807) is 35.5 Å². The van der Waals surface area contributed by atoms with Crippen LogP contribution in [0.5, 0.6) is 11.5 Å². The maximum atomic E-state index is 11.0. The molecule has 4 rings (SSSR count). The Kier molecular flexibility index (Phi) is 10.0. The topological polar surface area (TPSA) is 116 Å². The molecular weight excluding hydrogens is 528 g/mol. The van der Waals surface area contributed by atoms with Gasteiger partial charge in [-0.25, -0.2) is 0 Å². The third-order valence-electron chi connectivity index (χ3n) is 7.76. The summed E-state index contributed by atoms with van der Waals surface area (Å²) in [5, 5.41) is 32.6. The number of hydrogen-bond donors (Lipinski definition) is 3. The fourth-order valence-corrected chi connectivity index (χ4v) is 5.69. The van der Waals surface area contributed by atoms with Crippen molar-refractivity contribution in [3.63, 3.8) is 0 Å². The molecule has 0 aliphatic carbocycles. The third-order valence-corrected chi connectivity index (χ3v) is 7.76. The highest BCUT2D eigenvalue weighted by atomic mass is 16.6. The summed E-state index contributed by atoms with van der Waals surface area (Å²) in [4.78, 5) is 0. The van der Waals surface area contributed by atoms with Crippen LogP contribution in [0.15, 0.2) is 36.4 Å². The van der Waals surface area contributed by atoms with Gasteiger partial charge in [0.15, 0.2) is 6.29 Å². The molecule has 1 unspecified atom stereocenters. The van der Waals surface area contributed by atoms with Crippen molar-refractivity contribution in [2.45, 2.75) is 58.3 Å². The van der Waals surface area contributed by atoms with Gasteiger partial charge in [0.25, 0.3) is 0 Å². The summed E-state index contributed by atoms with van der Waals surface area (Å²) >= 11 is 0. The van der Waals surface area contributed by atoms with E-state index in [0.717, 1.165) is 33.4 Å². The fourth-order valence-electron chi connectivity index (χ4n) is 5.69. The summed E-state index contributed by atoms with van der Waals surface area (Å²) in [5.74, 6) is 0.243. The number of phenols is 2. The monoisotopic (exact) mass is 568 g/mol. The largest absolute Gasteiger partial charge is 0.507 e. The molecule has 3 aromatic rings. The van der Waals surface area contributed by atoms with E-state index in [-0.39, 0.29) is 51.1 Å². The van der Waals surface area contributed by atoms with Gasteiger partial charge in [0.2, 0.25) is 0 Å². The van der Waals surface area contributed by atoms with Gasteiger partial charge >= 0.3 is 0 Å². The van der Waals surface area contributed by atoms with E-state index < -0.39 is 11.7 Å². The minimum Gasteiger partial charge on any atom is -0.507 e. The van der Waals surface area contributed by atoms with Crippen LogP contribution in [0.3, 0.4) is 0 Å². The first-order chi connectivity index (χ1) is 19.7. The van der Waals surface area contributed by atoms with Crippen LogP contribution in [-0.4, -0.2) is 50.9 Å². The number of benzene rings is 3. The van der Waals surface area contributed by atoms with Gasteiger partial charge in [-0.3, -0.25) is 0 Å². The molecule has 0 fully saturated rings. The van der Waals surface area contributed by atoms with Crippen molar-refractivity contribution in [1.29, 1.82) is 0 Å². The van der Waals surface area contributed by atoms with Gasteiger partial charge in [0.1, 0.15) is 11.5 Å². The van der Waals surface area contributed by atoms with Crippen LogP contribution in [0.2, 0.25) is 0 Å². The van der Waals surface area contributed by atoms with E-state index in [2.05, 4.69) is 6.92 Å². The Morgan fingerprint density at radius 3 is 1.37 bits per heavy atom. The molecule has 9 heteroatoms. The smallest absolute Gasteiger partial charge is 0.182 e. The van der Waals surface area contributed by atoms with Crippen LogP contribution in [0.1, 0.15) is 68.8 Å². The standard InChI is InChI=1S/C32H40O9/c1-32(26-9-21(14-37-3)29(33)22(10-26)15-38-4,27-11-23(16-39-5)30(34)24(12-27)17-40-6)25-7-19(13-36-2)28-20(8-25)18-41-31(28)35/h7-12,31,33-35H,13-18H2,1-6H3. The van der Waals surface area contributed by atoms with Crippen molar-refractivity contribution >= 4 is 0 Å². The second-order valence-corrected chi connectivity index (χ2v) is 10.4. The molecular formula is C32H40O9. The zero-order chi connectivity index (χ0) is 29.7. The molecule has 1 aliphatic heterocycles. The molecule has 0 aromatic heterocycles. The first-order valence-corrected chi connectivity index (χ1v) is 13.3. The van der Waals surface area contributed by atoms with Gasteiger partial charge in [0.05, 0.1) is 39.6 Å². The quantitative estimate of drug-likeness (QED) is 0.252. The maximum Gasteiger partial charge on any atom is 0.182 e. The number of fused-ring (bicyclic) bond motifs is 1. The molecule has 1 heterocycles. The SMILES string of the molecule is COCc1cc(C(C)(c2cc(COC)c(O)c(COC)c2)c2cc(COC)c3c(c2)COC3O)cc(COC)c1O. The molecule has 9 nitrogen and oxygen atoms in total. The van der Waals surface area contributed by atoms with Gasteiger partial charge < -0.3 is 43.7 Å². The van der Waals surface area contributed by atoms with Crippen molar-refractivity contribution in [2.24, 2.45) is 0 Å².